The van der Waals surface area contributed by atoms with Crippen molar-refractivity contribution in [3.05, 3.63) is 35.4 Å². The van der Waals surface area contributed by atoms with E-state index in [0.717, 1.165) is 17.8 Å². The highest BCUT2D eigenvalue weighted by Gasteiger charge is 2.30. The SMILES string of the molecule is CNC(c1cccc(C)c1)C1CCC(C)C(C)C1. The van der Waals surface area contributed by atoms with Gasteiger partial charge in [-0.2, -0.15) is 0 Å². The summed E-state index contributed by atoms with van der Waals surface area (Å²) in [7, 11) is 2.11. The van der Waals surface area contributed by atoms with Crippen LogP contribution in [0.2, 0.25) is 0 Å². The quantitative estimate of drug-likeness (QED) is 0.836. The van der Waals surface area contributed by atoms with E-state index < -0.39 is 0 Å². The maximum atomic E-state index is 3.55. The number of benzene rings is 1. The van der Waals surface area contributed by atoms with Crippen molar-refractivity contribution in [2.45, 2.75) is 46.1 Å². The lowest BCUT2D eigenvalue weighted by Gasteiger charge is -2.37. The van der Waals surface area contributed by atoms with Gasteiger partial charge in [0, 0.05) is 6.04 Å². The first-order valence-corrected chi connectivity index (χ1v) is 7.35. The summed E-state index contributed by atoms with van der Waals surface area (Å²) < 4.78 is 0. The Hall–Kier alpha value is -0.820. The number of hydrogen-bond donors (Lipinski definition) is 1. The second-order valence-corrected chi connectivity index (χ2v) is 6.21. The van der Waals surface area contributed by atoms with Gasteiger partial charge in [0.05, 0.1) is 0 Å². The first-order valence-electron chi connectivity index (χ1n) is 7.35. The molecule has 1 aromatic carbocycles. The maximum Gasteiger partial charge on any atom is 0.0346 e. The van der Waals surface area contributed by atoms with E-state index in [1.165, 1.54) is 30.4 Å². The van der Waals surface area contributed by atoms with Gasteiger partial charge in [-0.25, -0.2) is 0 Å². The third-order valence-corrected chi connectivity index (χ3v) is 4.82. The lowest BCUT2D eigenvalue weighted by atomic mass is 9.72. The molecule has 1 saturated carbocycles. The smallest absolute Gasteiger partial charge is 0.0346 e. The molecule has 0 aromatic heterocycles. The van der Waals surface area contributed by atoms with Gasteiger partial charge in [-0.05, 0) is 50.1 Å². The van der Waals surface area contributed by atoms with Crippen molar-refractivity contribution in [3.63, 3.8) is 0 Å². The predicted octanol–water partition coefficient (Wildman–Crippen LogP) is 4.33. The Labute approximate surface area is 112 Å². The van der Waals surface area contributed by atoms with Crippen LogP contribution in [-0.2, 0) is 0 Å². The molecule has 0 radical (unpaired) electrons. The summed E-state index contributed by atoms with van der Waals surface area (Å²) in [6.45, 7) is 7.00. The zero-order valence-electron chi connectivity index (χ0n) is 12.2. The van der Waals surface area contributed by atoms with Crippen molar-refractivity contribution in [1.82, 2.24) is 5.32 Å². The Balaban J connectivity index is 2.14. The highest BCUT2D eigenvalue weighted by molar-refractivity contribution is 5.25. The number of aryl methyl sites for hydroxylation is 1. The van der Waals surface area contributed by atoms with Crippen LogP contribution >= 0.6 is 0 Å². The Morgan fingerprint density at radius 2 is 1.94 bits per heavy atom. The molecule has 2 rings (SSSR count). The van der Waals surface area contributed by atoms with E-state index in [1.54, 1.807) is 0 Å². The monoisotopic (exact) mass is 245 g/mol. The molecule has 4 atom stereocenters. The van der Waals surface area contributed by atoms with E-state index in [2.05, 4.69) is 57.4 Å². The number of nitrogens with one attached hydrogen (secondary N) is 1. The van der Waals surface area contributed by atoms with Gasteiger partial charge in [0.2, 0.25) is 0 Å². The average molecular weight is 245 g/mol. The minimum Gasteiger partial charge on any atom is -0.313 e. The molecule has 0 spiro atoms. The summed E-state index contributed by atoms with van der Waals surface area (Å²) in [6, 6.07) is 9.51. The van der Waals surface area contributed by atoms with E-state index in [0.29, 0.717) is 6.04 Å². The van der Waals surface area contributed by atoms with Crippen LogP contribution in [0.1, 0.15) is 50.3 Å². The van der Waals surface area contributed by atoms with E-state index >= 15 is 0 Å². The largest absolute Gasteiger partial charge is 0.313 e. The molecule has 4 unspecified atom stereocenters. The molecular weight excluding hydrogens is 218 g/mol. The van der Waals surface area contributed by atoms with Crippen molar-refractivity contribution in [3.8, 4) is 0 Å². The lowest BCUT2D eigenvalue weighted by Crippen LogP contribution is -2.31. The third kappa shape index (κ3) is 2.95. The molecule has 1 N–H and O–H groups in total. The molecule has 0 aliphatic heterocycles. The van der Waals surface area contributed by atoms with E-state index in [1.807, 2.05) is 0 Å². The van der Waals surface area contributed by atoms with Crippen LogP contribution < -0.4 is 5.32 Å². The summed E-state index contributed by atoms with van der Waals surface area (Å²) in [4.78, 5) is 0. The highest BCUT2D eigenvalue weighted by atomic mass is 14.9. The third-order valence-electron chi connectivity index (χ3n) is 4.82. The highest BCUT2D eigenvalue weighted by Crippen LogP contribution is 2.39. The van der Waals surface area contributed by atoms with Gasteiger partial charge in [-0.1, -0.05) is 50.1 Å². The maximum absolute atomic E-state index is 3.55. The van der Waals surface area contributed by atoms with Crippen molar-refractivity contribution in [1.29, 1.82) is 0 Å². The Bertz CT molecular complexity index is 385. The minimum absolute atomic E-state index is 0.528. The summed E-state index contributed by atoms with van der Waals surface area (Å²) in [5.74, 6) is 2.56. The second-order valence-electron chi connectivity index (χ2n) is 6.21. The summed E-state index contributed by atoms with van der Waals surface area (Å²) in [6.07, 6.45) is 4.11. The molecule has 1 fully saturated rings. The van der Waals surface area contributed by atoms with Crippen molar-refractivity contribution < 1.29 is 0 Å². The molecule has 0 heterocycles. The van der Waals surface area contributed by atoms with Gasteiger partial charge in [-0.3, -0.25) is 0 Å². The molecule has 1 heteroatoms. The lowest BCUT2D eigenvalue weighted by molar-refractivity contribution is 0.174. The second kappa shape index (κ2) is 5.88. The molecule has 18 heavy (non-hydrogen) atoms. The molecule has 1 aliphatic rings. The standard InChI is InChI=1S/C17H27N/c1-12-6-5-7-15(10-12)17(18-4)16-9-8-13(2)14(3)11-16/h5-7,10,13-14,16-18H,8-9,11H2,1-4H3. The minimum atomic E-state index is 0.528. The van der Waals surface area contributed by atoms with Crippen LogP contribution in [0, 0.1) is 24.7 Å². The van der Waals surface area contributed by atoms with Crippen LogP contribution in [0.3, 0.4) is 0 Å². The molecule has 1 aromatic rings. The van der Waals surface area contributed by atoms with E-state index in [4.69, 9.17) is 0 Å². The first-order chi connectivity index (χ1) is 8.61. The molecular formula is C17H27N. The first kappa shape index (κ1) is 13.6. The summed E-state index contributed by atoms with van der Waals surface area (Å²) in [5, 5.41) is 3.55. The Morgan fingerprint density at radius 3 is 2.56 bits per heavy atom. The van der Waals surface area contributed by atoms with Crippen LogP contribution in [0.15, 0.2) is 24.3 Å². The number of rotatable bonds is 3. The Kier molecular flexibility index (Phi) is 4.45. The molecule has 0 amide bonds. The average Bonchev–Trinajstić information content (AvgIpc) is 2.35. The van der Waals surface area contributed by atoms with E-state index in [9.17, 15) is 0 Å². The van der Waals surface area contributed by atoms with Crippen molar-refractivity contribution in [2.75, 3.05) is 7.05 Å². The van der Waals surface area contributed by atoms with Gasteiger partial charge in [0.15, 0.2) is 0 Å². The predicted molar refractivity (Wildman–Crippen MR) is 78.6 cm³/mol. The summed E-state index contributed by atoms with van der Waals surface area (Å²) in [5.41, 5.74) is 2.83. The Morgan fingerprint density at radius 1 is 1.17 bits per heavy atom. The van der Waals surface area contributed by atoms with Gasteiger partial charge in [0.1, 0.15) is 0 Å². The van der Waals surface area contributed by atoms with E-state index in [-0.39, 0.29) is 0 Å². The fourth-order valence-corrected chi connectivity index (χ4v) is 3.43. The molecule has 0 bridgehead atoms. The number of hydrogen-bond acceptors (Lipinski definition) is 1. The van der Waals surface area contributed by atoms with Crippen molar-refractivity contribution in [2.24, 2.45) is 17.8 Å². The van der Waals surface area contributed by atoms with Crippen LogP contribution in [0.5, 0.6) is 0 Å². The fourth-order valence-electron chi connectivity index (χ4n) is 3.43. The fraction of sp³-hybridized carbons (Fsp3) is 0.647. The van der Waals surface area contributed by atoms with Crippen molar-refractivity contribution >= 4 is 0 Å². The molecule has 1 aliphatic carbocycles. The van der Waals surface area contributed by atoms with Gasteiger partial charge < -0.3 is 5.32 Å². The van der Waals surface area contributed by atoms with Crippen LogP contribution in [-0.4, -0.2) is 7.05 Å². The van der Waals surface area contributed by atoms with Gasteiger partial charge in [0.25, 0.3) is 0 Å². The van der Waals surface area contributed by atoms with Gasteiger partial charge in [-0.15, -0.1) is 0 Å². The topological polar surface area (TPSA) is 12.0 Å². The normalized spacial score (nSPS) is 30.1. The molecule has 100 valence electrons. The summed E-state index contributed by atoms with van der Waals surface area (Å²) >= 11 is 0. The zero-order chi connectivity index (χ0) is 13.1. The molecule has 0 saturated heterocycles. The van der Waals surface area contributed by atoms with Gasteiger partial charge >= 0.3 is 0 Å². The molecule has 1 nitrogen and oxygen atoms in total. The van der Waals surface area contributed by atoms with Crippen LogP contribution in [0.25, 0.3) is 0 Å². The van der Waals surface area contributed by atoms with Crippen LogP contribution in [0.4, 0.5) is 0 Å². The zero-order valence-corrected chi connectivity index (χ0v) is 12.2.